The van der Waals surface area contributed by atoms with E-state index in [-0.39, 0.29) is 23.3 Å². The molecule has 2 saturated heterocycles. The highest BCUT2D eigenvalue weighted by atomic mass is 35.5. The van der Waals surface area contributed by atoms with E-state index in [4.69, 9.17) is 37.4 Å². The summed E-state index contributed by atoms with van der Waals surface area (Å²) in [5.74, 6) is -0.569. The monoisotopic (exact) mass is 633 g/mol. The van der Waals surface area contributed by atoms with E-state index in [2.05, 4.69) is 27.2 Å². The molecule has 8 nitrogen and oxygen atoms in total. The second kappa shape index (κ2) is 13.0. The van der Waals surface area contributed by atoms with Gasteiger partial charge in [0, 0.05) is 53.8 Å². The smallest absolute Gasteiger partial charge is 0.259 e. The molecule has 4 aromatic carbocycles. The lowest BCUT2D eigenvalue weighted by Crippen LogP contribution is -2.46. The summed E-state index contributed by atoms with van der Waals surface area (Å²) in [6.45, 7) is 6.11. The van der Waals surface area contributed by atoms with Gasteiger partial charge < -0.3 is 34.4 Å². The van der Waals surface area contributed by atoms with Crippen molar-refractivity contribution in [1.29, 1.82) is 0 Å². The van der Waals surface area contributed by atoms with E-state index in [1.54, 1.807) is 30.3 Å². The van der Waals surface area contributed by atoms with Crippen LogP contribution in [0.5, 0.6) is 11.5 Å². The van der Waals surface area contributed by atoms with Gasteiger partial charge in [0.25, 0.3) is 5.91 Å². The molecule has 2 N–H and O–H groups in total. The van der Waals surface area contributed by atoms with Crippen LogP contribution >= 0.6 is 23.2 Å². The summed E-state index contributed by atoms with van der Waals surface area (Å²) < 4.78 is 18.2. The number of phenols is 1. The molecule has 2 atom stereocenters. The van der Waals surface area contributed by atoms with Gasteiger partial charge >= 0.3 is 0 Å². The summed E-state index contributed by atoms with van der Waals surface area (Å²) in [5.41, 5.74) is 3.90. The second-order valence-corrected chi connectivity index (χ2v) is 11.8. The van der Waals surface area contributed by atoms with Gasteiger partial charge in [0.05, 0.1) is 17.2 Å². The molecule has 10 heteroatoms. The van der Waals surface area contributed by atoms with Crippen molar-refractivity contribution in [2.45, 2.75) is 18.8 Å². The van der Waals surface area contributed by atoms with Crippen LogP contribution in [0.2, 0.25) is 10.0 Å². The highest BCUT2D eigenvalue weighted by Gasteiger charge is 2.40. The van der Waals surface area contributed by atoms with Crippen LogP contribution in [0.25, 0.3) is 0 Å². The van der Waals surface area contributed by atoms with Crippen LogP contribution in [0.15, 0.2) is 91.0 Å². The summed E-state index contributed by atoms with van der Waals surface area (Å²) in [6, 6.07) is 27.7. The molecule has 228 valence electrons. The number of ether oxygens (including phenoxy) is 3. The SMILES string of the molecule is C[C@@]1(c2ccc(Cl)cc2Cl)OC[C@@H](COc2ccc(N3CCN(c4ccc(NC(=O)c5ccccc5O)cc4)CC3)cc2)O1. The first-order chi connectivity index (χ1) is 21.3. The van der Waals surface area contributed by atoms with E-state index >= 15 is 0 Å². The van der Waals surface area contributed by atoms with Gasteiger partial charge in [0.1, 0.15) is 24.2 Å². The van der Waals surface area contributed by atoms with Gasteiger partial charge in [-0.2, -0.15) is 0 Å². The maximum Gasteiger partial charge on any atom is 0.259 e. The largest absolute Gasteiger partial charge is 0.507 e. The molecule has 4 aromatic rings. The number of piperazine rings is 1. The summed E-state index contributed by atoms with van der Waals surface area (Å²) in [6.07, 6.45) is -0.234. The van der Waals surface area contributed by atoms with Crippen LogP contribution in [-0.2, 0) is 15.3 Å². The molecule has 2 fully saturated rings. The molecule has 0 radical (unpaired) electrons. The lowest BCUT2D eigenvalue weighted by Gasteiger charge is -2.37. The highest BCUT2D eigenvalue weighted by Crippen LogP contribution is 2.39. The normalized spacial score (nSPS) is 20.0. The maximum atomic E-state index is 12.5. The van der Waals surface area contributed by atoms with Crippen LogP contribution in [0, 0.1) is 0 Å². The van der Waals surface area contributed by atoms with Crippen LogP contribution < -0.4 is 19.9 Å². The number of phenolic OH excluding ortho intramolecular Hbond substituents is 1. The van der Waals surface area contributed by atoms with Crippen molar-refractivity contribution in [3.8, 4) is 11.5 Å². The predicted molar refractivity (Wildman–Crippen MR) is 174 cm³/mol. The Hall–Kier alpha value is -3.95. The lowest BCUT2D eigenvalue weighted by atomic mass is 10.1. The van der Waals surface area contributed by atoms with Crippen molar-refractivity contribution in [3.05, 3.63) is 112 Å². The molecular formula is C34H33Cl2N3O5. The van der Waals surface area contributed by atoms with Gasteiger partial charge in [-0.25, -0.2) is 0 Å². The number of nitrogens with one attached hydrogen (secondary N) is 1. The number of carbonyl (C=O) groups excluding carboxylic acids is 1. The zero-order chi connectivity index (χ0) is 30.7. The average Bonchev–Trinajstić information content (AvgIpc) is 3.42. The quantitative estimate of drug-likeness (QED) is 0.217. The van der Waals surface area contributed by atoms with Crippen molar-refractivity contribution in [1.82, 2.24) is 0 Å². The van der Waals surface area contributed by atoms with Gasteiger partial charge in [0.2, 0.25) is 0 Å². The molecule has 0 bridgehead atoms. The number of hydrogen-bond acceptors (Lipinski definition) is 7. The molecule has 0 aromatic heterocycles. The fraction of sp³-hybridized carbons (Fsp3) is 0.265. The first-order valence-electron chi connectivity index (χ1n) is 14.5. The topological polar surface area (TPSA) is 83.5 Å². The second-order valence-electron chi connectivity index (χ2n) is 10.9. The Balaban J connectivity index is 0.967. The van der Waals surface area contributed by atoms with E-state index in [1.165, 1.54) is 6.07 Å². The Labute approximate surface area is 266 Å². The summed E-state index contributed by atoms with van der Waals surface area (Å²) >= 11 is 12.4. The fourth-order valence-corrected chi connectivity index (χ4v) is 6.08. The minimum atomic E-state index is -0.951. The number of rotatable bonds is 8. The number of nitrogens with zero attached hydrogens (tertiary/aromatic N) is 2. The van der Waals surface area contributed by atoms with Crippen LogP contribution in [0.4, 0.5) is 17.1 Å². The Kier molecular flexibility index (Phi) is 8.86. The molecule has 44 heavy (non-hydrogen) atoms. The molecule has 2 aliphatic rings. The van der Waals surface area contributed by atoms with E-state index in [0.717, 1.165) is 48.9 Å². The Morgan fingerprint density at radius 3 is 2.20 bits per heavy atom. The molecule has 6 rings (SSSR count). The van der Waals surface area contributed by atoms with Crippen molar-refractivity contribution in [2.75, 3.05) is 54.5 Å². The van der Waals surface area contributed by atoms with Gasteiger partial charge in [0.15, 0.2) is 5.79 Å². The van der Waals surface area contributed by atoms with Gasteiger partial charge in [-0.1, -0.05) is 41.4 Å². The third-order valence-corrected chi connectivity index (χ3v) is 8.46. The Morgan fingerprint density at radius 1 is 0.932 bits per heavy atom. The molecule has 1 amide bonds. The Bertz CT molecular complexity index is 1610. The lowest BCUT2D eigenvalue weighted by molar-refractivity contribution is -0.164. The van der Waals surface area contributed by atoms with Gasteiger partial charge in [-0.05, 0) is 79.7 Å². The minimum Gasteiger partial charge on any atom is -0.507 e. The third kappa shape index (κ3) is 6.74. The number of halogens is 2. The van der Waals surface area contributed by atoms with Gasteiger partial charge in [-0.15, -0.1) is 0 Å². The van der Waals surface area contributed by atoms with Crippen LogP contribution in [0.3, 0.4) is 0 Å². The molecular weight excluding hydrogens is 601 g/mol. The maximum absolute atomic E-state index is 12.5. The van der Waals surface area contributed by atoms with Crippen molar-refractivity contribution >= 4 is 46.2 Å². The highest BCUT2D eigenvalue weighted by molar-refractivity contribution is 6.35. The van der Waals surface area contributed by atoms with E-state index in [9.17, 15) is 9.90 Å². The van der Waals surface area contributed by atoms with Crippen LogP contribution in [0.1, 0.15) is 22.8 Å². The molecule has 0 saturated carbocycles. The third-order valence-electron chi connectivity index (χ3n) is 7.91. The number of aromatic hydroxyl groups is 1. The zero-order valence-electron chi connectivity index (χ0n) is 24.2. The summed E-state index contributed by atoms with van der Waals surface area (Å²) in [4.78, 5) is 17.2. The summed E-state index contributed by atoms with van der Waals surface area (Å²) in [7, 11) is 0. The average molecular weight is 635 g/mol. The van der Waals surface area contributed by atoms with E-state index in [1.807, 2.05) is 49.4 Å². The standard InChI is InChI=1S/C34H33Cl2N3O5/c1-34(30-15-6-23(35)20-31(30)36)43-22-28(44-34)21-42-27-13-11-26(12-14-27)39-18-16-38(17-19-39)25-9-7-24(8-10-25)37-33(41)29-4-2-3-5-32(29)40/h2-15,20,28,40H,16-19,21-22H2,1H3,(H,37,41)/t28-,34-/m1/s1. The molecule has 2 heterocycles. The summed E-state index contributed by atoms with van der Waals surface area (Å²) in [5, 5.41) is 13.8. The number of para-hydroxylation sites is 1. The fourth-order valence-electron chi connectivity index (χ4n) is 5.50. The van der Waals surface area contributed by atoms with E-state index in [0.29, 0.717) is 28.9 Å². The first-order valence-corrected chi connectivity index (χ1v) is 15.2. The molecule has 2 aliphatic heterocycles. The predicted octanol–water partition coefficient (Wildman–Crippen LogP) is 6.95. The minimum absolute atomic E-state index is 0.0418. The van der Waals surface area contributed by atoms with E-state index < -0.39 is 5.79 Å². The Morgan fingerprint density at radius 2 is 1.57 bits per heavy atom. The van der Waals surface area contributed by atoms with Crippen molar-refractivity contribution in [2.24, 2.45) is 0 Å². The first kappa shape index (κ1) is 30.1. The number of anilines is 3. The number of benzene rings is 4. The number of carbonyl (C=O) groups is 1. The van der Waals surface area contributed by atoms with Crippen LogP contribution in [-0.4, -0.2) is 56.5 Å². The van der Waals surface area contributed by atoms with Gasteiger partial charge in [-0.3, -0.25) is 4.79 Å². The van der Waals surface area contributed by atoms with Crippen molar-refractivity contribution < 1.29 is 24.1 Å². The molecule has 0 unspecified atom stereocenters. The van der Waals surface area contributed by atoms with Crippen molar-refractivity contribution in [3.63, 3.8) is 0 Å². The zero-order valence-corrected chi connectivity index (χ0v) is 25.7. The molecule has 0 spiro atoms. The number of hydrogen-bond donors (Lipinski definition) is 2. The molecule has 0 aliphatic carbocycles. The number of amides is 1.